The first kappa shape index (κ1) is 14.8. The fourth-order valence-electron chi connectivity index (χ4n) is 2.63. The summed E-state index contributed by atoms with van der Waals surface area (Å²) in [6, 6.07) is 17.5. The summed E-state index contributed by atoms with van der Waals surface area (Å²) in [6.45, 7) is 5.26. The summed E-state index contributed by atoms with van der Waals surface area (Å²) in [5.41, 5.74) is 11.0. The van der Waals surface area contributed by atoms with E-state index in [0.29, 0.717) is 5.92 Å². The topological polar surface area (TPSA) is 26.0 Å². The van der Waals surface area contributed by atoms with Crippen LogP contribution in [0.15, 0.2) is 48.5 Å². The minimum Gasteiger partial charge on any atom is -0.330 e. The number of rotatable bonds is 6. The van der Waals surface area contributed by atoms with Crippen LogP contribution in [0.1, 0.15) is 30.9 Å². The molecule has 1 nitrogen and oxygen atoms in total. The van der Waals surface area contributed by atoms with Gasteiger partial charge in [0.1, 0.15) is 0 Å². The Labute approximate surface area is 122 Å². The fraction of sp³-hybridized carbons (Fsp3) is 0.368. The average molecular weight is 267 g/mol. The monoisotopic (exact) mass is 267 g/mol. The predicted molar refractivity (Wildman–Crippen MR) is 87.8 cm³/mol. The standard InChI is InChI=1S/C19H25N/c1-15(12-13-20)10-11-17-7-5-8-18(14-17)19-9-4-3-6-16(19)2/h3-9,14-15H,10-13,20H2,1-2H3. The fourth-order valence-corrected chi connectivity index (χ4v) is 2.63. The van der Waals surface area contributed by atoms with E-state index >= 15 is 0 Å². The molecule has 2 rings (SSSR count). The quantitative estimate of drug-likeness (QED) is 0.814. The zero-order chi connectivity index (χ0) is 14.4. The van der Waals surface area contributed by atoms with Gasteiger partial charge in [0.25, 0.3) is 0 Å². The van der Waals surface area contributed by atoms with Crippen LogP contribution < -0.4 is 5.73 Å². The highest BCUT2D eigenvalue weighted by Crippen LogP contribution is 2.24. The Morgan fingerprint density at radius 1 is 1.00 bits per heavy atom. The van der Waals surface area contributed by atoms with Gasteiger partial charge in [-0.1, -0.05) is 55.5 Å². The minimum atomic E-state index is 0.710. The number of nitrogens with two attached hydrogens (primary N) is 1. The van der Waals surface area contributed by atoms with Gasteiger partial charge < -0.3 is 5.73 Å². The number of benzene rings is 2. The van der Waals surface area contributed by atoms with Gasteiger partial charge in [-0.25, -0.2) is 0 Å². The van der Waals surface area contributed by atoms with Gasteiger partial charge in [0.05, 0.1) is 0 Å². The Balaban J connectivity index is 2.10. The van der Waals surface area contributed by atoms with E-state index in [2.05, 4.69) is 62.4 Å². The lowest BCUT2D eigenvalue weighted by atomic mass is 9.95. The van der Waals surface area contributed by atoms with Crippen LogP contribution in [0.4, 0.5) is 0 Å². The Hall–Kier alpha value is -1.60. The highest BCUT2D eigenvalue weighted by molar-refractivity contribution is 5.67. The first-order chi connectivity index (χ1) is 9.70. The van der Waals surface area contributed by atoms with E-state index in [-0.39, 0.29) is 0 Å². The molecule has 0 bridgehead atoms. The van der Waals surface area contributed by atoms with Gasteiger partial charge in [-0.05, 0) is 60.9 Å². The van der Waals surface area contributed by atoms with Crippen LogP contribution >= 0.6 is 0 Å². The molecule has 1 unspecified atom stereocenters. The van der Waals surface area contributed by atoms with Crippen LogP contribution in [0.5, 0.6) is 0 Å². The molecule has 0 amide bonds. The van der Waals surface area contributed by atoms with Crippen molar-refractivity contribution in [2.45, 2.75) is 33.1 Å². The summed E-state index contributed by atoms with van der Waals surface area (Å²) in [5, 5.41) is 0. The maximum Gasteiger partial charge on any atom is -0.00747 e. The van der Waals surface area contributed by atoms with Crippen molar-refractivity contribution in [3.63, 3.8) is 0 Å². The lowest BCUT2D eigenvalue weighted by molar-refractivity contribution is 0.500. The maximum absolute atomic E-state index is 5.62. The Bertz CT molecular complexity index is 545. The van der Waals surface area contributed by atoms with Crippen molar-refractivity contribution in [2.75, 3.05) is 6.54 Å². The van der Waals surface area contributed by atoms with Crippen LogP contribution in [0.2, 0.25) is 0 Å². The van der Waals surface area contributed by atoms with Crippen molar-refractivity contribution in [1.82, 2.24) is 0 Å². The normalized spacial score (nSPS) is 12.3. The SMILES string of the molecule is Cc1ccccc1-c1cccc(CCC(C)CCN)c1. The van der Waals surface area contributed by atoms with Gasteiger partial charge in [-0.15, -0.1) is 0 Å². The third-order valence-electron chi connectivity index (χ3n) is 3.97. The second-order valence-electron chi connectivity index (χ2n) is 5.74. The van der Waals surface area contributed by atoms with E-state index in [1.165, 1.54) is 28.7 Å². The van der Waals surface area contributed by atoms with Crippen LogP contribution in [0, 0.1) is 12.8 Å². The first-order valence-electron chi connectivity index (χ1n) is 7.55. The summed E-state index contributed by atoms with van der Waals surface area (Å²) in [7, 11) is 0. The molecule has 106 valence electrons. The Kier molecular flexibility index (Phi) is 5.37. The zero-order valence-corrected chi connectivity index (χ0v) is 12.6. The van der Waals surface area contributed by atoms with E-state index in [0.717, 1.165) is 19.4 Å². The minimum absolute atomic E-state index is 0.710. The molecule has 2 aromatic rings. The Morgan fingerprint density at radius 3 is 2.55 bits per heavy atom. The zero-order valence-electron chi connectivity index (χ0n) is 12.6. The van der Waals surface area contributed by atoms with E-state index in [1.807, 2.05) is 0 Å². The molecule has 0 aromatic heterocycles. The lowest BCUT2D eigenvalue weighted by Gasteiger charge is -2.11. The van der Waals surface area contributed by atoms with Gasteiger partial charge in [0, 0.05) is 0 Å². The first-order valence-corrected chi connectivity index (χ1v) is 7.55. The second kappa shape index (κ2) is 7.25. The van der Waals surface area contributed by atoms with Crippen LogP contribution in [0.25, 0.3) is 11.1 Å². The molecule has 0 heterocycles. The van der Waals surface area contributed by atoms with E-state index in [1.54, 1.807) is 0 Å². The molecule has 0 radical (unpaired) electrons. The van der Waals surface area contributed by atoms with Crippen molar-refractivity contribution < 1.29 is 0 Å². The lowest BCUT2D eigenvalue weighted by Crippen LogP contribution is -2.06. The number of hydrogen-bond acceptors (Lipinski definition) is 1. The molecule has 0 saturated carbocycles. The van der Waals surface area contributed by atoms with Crippen molar-refractivity contribution in [3.8, 4) is 11.1 Å². The van der Waals surface area contributed by atoms with E-state index in [4.69, 9.17) is 5.73 Å². The van der Waals surface area contributed by atoms with E-state index in [9.17, 15) is 0 Å². The molecule has 0 aliphatic carbocycles. The summed E-state index contributed by atoms with van der Waals surface area (Å²) in [4.78, 5) is 0. The molecule has 0 fully saturated rings. The van der Waals surface area contributed by atoms with Gasteiger partial charge >= 0.3 is 0 Å². The maximum atomic E-state index is 5.62. The molecule has 0 saturated heterocycles. The van der Waals surface area contributed by atoms with Crippen molar-refractivity contribution in [3.05, 3.63) is 59.7 Å². The van der Waals surface area contributed by atoms with Crippen molar-refractivity contribution in [1.29, 1.82) is 0 Å². The Morgan fingerprint density at radius 2 is 1.80 bits per heavy atom. The molecule has 0 aliphatic heterocycles. The van der Waals surface area contributed by atoms with Crippen molar-refractivity contribution in [2.24, 2.45) is 11.7 Å². The largest absolute Gasteiger partial charge is 0.330 e. The predicted octanol–water partition coefficient (Wildman–Crippen LogP) is 4.58. The summed E-state index contributed by atoms with van der Waals surface area (Å²) in [6.07, 6.45) is 3.48. The smallest absolute Gasteiger partial charge is 0.00747 e. The summed E-state index contributed by atoms with van der Waals surface area (Å²) >= 11 is 0. The number of hydrogen-bond donors (Lipinski definition) is 1. The molecule has 1 heteroatoms. The highest BCUT2D eigenvalue weighted by Gasteiger charge is 2.04. The van der Waals surface area contributed by atoms with Crippen molar-refractivity contribution >= 4 is 0 Å². The summed E-state index contributed by atoms with van der Waals surface area (Å²) in [5.74, 6) is 0.710. The second-order valence-corrected chi connectivity index (χ2v) is 5.74. The molecule has 1 atom stereocenters. The van der Waals surface area contributed by atoms with Crippen LogP contribution in [-0.2, 0) is 6.42 Å². The van der Waals surface area contributed by atoms with Gasteiger partial charge in [0.15, 0.2) is 0 Å². The van der Waals surface area contributed by atoms with Crippen LogP contribution in [0.3, 0.4) is 0 Å². The highest BCUT2D eigenvalue weighted by atomic mass is 14.5. The third kappa shape index (κ3) is 3.94. The van der Waals surface area contributed by atoms with Gasteiger partial charge in [-0.2, -0.15) is 0 Å². The molecular formula is C19H25N. The van der Waals surface area contributed by atoms with Gasteiger partial charge in [-0.3, -0.25) is 0 Å². The van der Waals surface area contributed by atoms with Crippen LogP contribution in [-0.4, -0.2) is 6.54 Å². The summed E-state index contributed by atoms with van der Waals surface area (Å²) < 4.78 is 0. The molecule has 20 heavy (non-hydrogen) atoms. The van der Waals surface area contributed by atoms with E-state index < -0.39 is 0 Å². The molecule has 0 spiro atoms. The molecule has 0 aliphatic rings. The molecular weight excluding hydrogens is 242 g/mol. The molecule has 2 aromatic carbocycles. The number of aryl methyl sites for hydroxylation is 2. The average Bonchev–Trinajstić information content (AvgIpc) is 2.46. The molecule has 2 N–H and O–H groups in total. The van der Waals surface area contributed by atoms with Gasteiger partial charge in [0.2, 0.25) is 0 Å². The third-order valence-corrected chi connectivity index (χ3v) is 3.97.